The molecule has 0 saturated carbocycles. The first-order chi connectivity index (χ1) is 6.81. The summed E-state index contributed by atoms with van der Waals surface area (Å²) in [5.41, 5.74) is 4.81. The van der Waals surface area contributed by atoms with Crippen LogP contribution in [0.5, 0.6) is 0 Å². The number of carbonyl (C=O) groups excluding carboxylic acids is 1. The van der Waals surface area contributed by atoms with Crippen LogP contribution in [0.1, 0.15) is 31.3 Å². The lowest BCUT2D eigenvalue weighted by molar-refractivity contribution is 0.00601. The summed E-state index contributed by atoms with van der Waals surface area (Å²) < 4.78 is 6.14. The van der Waals surface area contributed by atoms with Crippen molar-refractivity contribution in [3.8, 4) is 0 Å². The number of nitrogens with one attached hydrogen (secondary N) is 1. The van der Waals surface area contributed by atoms with Gasteiger partial charge in [0, 0.05) is 0 Å². The summed E-state index contributed by atoms with van der Waals surface area (Å²) >= 11 is 0. The van der Waals surface area contributed by atoms with Crippen LogP contribution >= 0.6 is 0 Å². The highest BCUT2D eigenvalue weighted by Crippen LogP contribution is 2.11. The summed E-state index contributed by atoms with van der Waals surface area (Å²) in [6.45, 7) is 5.29. The molecule has 6 heteroatoms. The number of carbonyl (C=O) groups is 1. The van der Waals surface area contributed by atoms with Crippen LogP contribution in [-0.4, -0.2) is 27.3 Å². The van der Waals surface area contributed by atoms with E-state index in [1.165, 1.54) is 12.3 Å². The molecule has 15 heavy (non-hydrogen) atoms. The zero-order chi connectivity index (χ0) is 11.6. The van der Waals surface area contributed by atoms with Gasteiger partial charge in [0.05, 0.1) is 6.20 Å². The van der Waals surface area contributed by atoms with E-state index in [1.807, 2.05) is 0 Å². The monoisotopic (exact) mass is 210 g/mol. The molecule has 82 valence electrons. The summed E-state index contributed by atoms with van der Waals surface area (Å²) in [4.78, 5) is 11.6. The lowest BCUT2D eigenvalue weighted by Gasteiger charge is -2.19. The van der Waals surface area contributed by atoms with Gasteiger partial charge in [0.1, 0.15) is 5.60 Å². The van der Waals surface area contributed by atoms with Crippen molar-refractivity contribution in [2.75, 3.05) is 0 Å². The Labute approximate surface area is 87.5 Å². The Morgan fingerprint density at radius 3 is 2.67 bits per heavy atom. The molecule has 0 saturated heterocycles. The van der Waals surface area contributed by atoms with Crippen LogP contribution in [0.2, 0.25) is 0 Å². The third-order valence-corrected chi connectivity index (χ3v) is 1.48. The summed E-state index contributed by atoms with van der Waals surface area (Å²) in [5.74, 6) is -0.865. The number of ether oxygens (including phenoxy) is 1. The number of nitrogen functional groups attached to an aromatic ring is 1. The Morgan fingerprint density at radius 1 is 1.60 bits per heavy atom. The molecule has 3 N–H and O–H groups in total. The SMILES string of the molecule is CC(C)(C)OC(=O)c1ccnn1C(=N)N. The Kier molecular flexibility index (Phi) is 2.78. The van der Waals surface area contributed by atoms with Crippen LogP contribution in [-0.2, 0) is 4.74 Å². The standard InChI is InChI=1S/C9H14N4O2/c1-9(2,3)15-7(14)6-4-5-12-13(6)8(10)11/h4-5H,1-3H3,(H3,10,11). The molecule has 0 unspecified atom stereocenters. The number of nitrogens with two attached hydrogens (primary N) is 1. The van der Waals surface area contributed by atoms with Crippen molar-refractivity contribution in [2.45, 2.75) is 26.4 Å². The third kappa shape index (κ3) is 2.80. The van der Waals surface area contributed by atoms with Gasteiger partial charge in [0.25, 0.3) is 0 Å². The number of hydrogen-bond acceptors (Lipinski definition) is 4. The van der Waals surface area contributed by atoms with Crippen LogP contribution in [0.25, 0.3) is 0 Å². The van der Waals surface area contributed by atoms with E-state index >= 15 is 0 Å². The highest BCUT2D eigenvalue weighted by atomic mass is 16.6. The molecule has 0 aromatic carbocycles. The predicted octanol–water partition coefficient (Wildman–Crippen LogP) is 0.580. The first-order valence-electron chi connectivity index (χ1n) is 4.43. The molecule has 0 radical (unpaired) electrons. The first-order valence-corrected chi connectivity index (χ1v) is 4.43. The molecule has 0 bridgehead atoms. The average Bonchev–Trinajstić information content (AvgIpc) is 2.47. The van der Waals surface area contributed by atoms with E-state index in [4.69, 9.17) is 15.9 Å². The topological polar surface area (TPSA) is 94.0 Å². The molecule has 0 aliphatic rings. The van der Waals surface area contributed by atoms with E-state index in [-0.39, 0.29) is 11.7 Å². The van der Waals surface area contributed by atoms with Crippen LogP contribution in [0.4, 0.5) is 0 Å². The fourth-order valence-electron chi connectivity index (χ4n) is 0.980. The minimum Gasteiger partial charge on any atom is -0.455 e. The molecule has 0 atom stereocenters. The lowest BCUT2D eigenvalue weighted by Crippen LogP contribution is -2.30. The van der Waals surface area contributed by atoms with Crippen LogP contribution < -0.4 is 5.73 Å². The zero-order valence-corrected chi connectivity index (χ0v) is 8.94. The van der Waals surface area contributed by atoms with Gasteiger partial charge in [-0.1, -0.05) is 0 Å². The van der Waals surface area contributed by atoms with Crippen molar-refractivity contribution < 1.29 is 9.53 Å². The number of nitrogens with zero attached hydrogens (tertiary/aromatic N) is 2. The zero-order valence-electron chi connectivity index (χ0n) is 8.94. The smallest absolute Gasteiger partial charge is 0.357 e. The van der Waals surface area contributed by atoms with Gasteiger partial charge in [-0.05, 0) is 26.8 Å². The largest absolute Gasteiger partial charge is 0.455 e. The van der Waals surface area contributed by atoms with Crippen molar-refractivity contribution in [3.63, 3.8) is 0 Å². The van der Waals surface area contributed by atoms with Crippen molar-refractivity contribution in [2.24, 2.45) is 5.73 Å². The molecule has 1 heterocycles. The predicted molar refractivity (Wildman–Crippen MR) is 54.7 cm³/mol. The third-order valence-electron chi connectivity index (χ3n) is 1.48. The Hall–Kier alpha value is -1.85. The van der Waals surface area contributed by atoms with Gasteiger partial charge in [-0.15, -0.1) is 0 Å². The minimum atomic E-state index is -0.580. The number of esters is 1. The van der Waals surface area contributed by atoms with Crippen LogP contribution in [0.15, 0.2) is 12.3 Å². The quantitative estimate of drug-likeness (QED) is 0.402. The van der Waals surface area contributed by atoms with Gasteiger partial charge in [-0.3, -0.25) is 5.41 Å². The second-order valence-electron chi connectivity index (χ2n) is 4.02. The fourth-order valence-corrected chi connectivity index (χ4v) is 0.980. The van der Waals surface area contributed by atoms with Crippen molar-refractivity contribution in [3.05, 3.63) is 18.0 Å². The summed E-state index contributed by atoms with van der Waals surface area (Å²) in [5, 5.41) is 10.9. The van der Waals surface area contributed by atoms with Gasteiger partial charge < -0.3 is 10.5 Å². The van der Waals surface area contributed by atoms with E-state index < -0.39 is 11.6 Å². The molecule has 0 aliphatic carbocycles. The van der Waals surface area contributed by atoms with E-state index in [9.17, 15) is 4.79 Å². The van der Waals surface area contributed by atoms with Crippen LogP contribution in [0.3, 0.4) is 0 Å². The maximum atomic E-state index is 11.6. The Morgan fingerprint density at radius 2 is 2.20 bits per heavy atom. The summed E-state index contributed by atoms with van der Waals surface area (Å²) in [6, 6.07) is 1.45. The normalized spacial score (nSPS) is 11.1. The molecule has 0 spiro atoms. The van der Waals surface area contributed by atoms with E-state index in [2.05, 4.69) is 5.10 Å². The highest BCUT2D eigenvalue weighted by molar-refractivity contribution is 5.92. The molecular formula is C9H14N4O2. The van der Waals surface area contributed by atoms with E-state index in [1.54, 1.807) is 20.8 Å². The van der Waals surface area contributed by atoms with Crippen molar-refractivity contribution in [1.82, 2.24) is 9.78 Å². The Balaban J connectivity index is 2.92. The fraction of sp³-hybridized carbons (Fsp3) is 0.444. The number of hydrogen-bond donors (Lipinski definition) is 2. The highest BCUT2D eigenvalue weighted by Gasteiger charge is 2.21. The number of aromatic nitrogens is 2. The van der Waals surface area contributed by atoms with E-state index in [0.29, 0.717) is 0 Å². The number of rotatable bonds is 1. The molecule has 0 amide bonds. The van der Waals surface area contributed by atoms with Gasteiger partial charge in [-0.2, -0.15) is 9.78 Å². The molecule has 1 aromatic rings. The maximum Gasteiger partial charge on any atom is 0.357 e. The molecule has 1 aromatic heterocycles. The molecular weight excluding hydrogens is 196 g/mol. The van der Waals surface area contributed by atoms with Gasteiger partial charge in [-0.25, -0.2) is 4.79 Å². The van der Waals surface area contributed by atoms with Crippen molar-refractivity contribution >= 4 is 11.9 Å². The summed E-state index contributed by atoms with van der Waals surface area (Å²) in [6.07, 6.45) is 1.39. The first kappa shape index (κ1) is 11.2. The van der Waals surface area contributed by atoms with Gasteiger partial charge in [0.15, 0.2) is 5.69 Å². The average molecular weight is 210 g/mol. The second kappa shape index (κ2) is 3.72. The maximum absolute atomic E-state index is 11.6. The molecule has 0 fully saturated rings. The van der Waals surface area contributed by atoms with Gasteiger partial charge >= 0.3 is 5.97 Å². The van der Waals surface area contributed by atoms with Gasteiger partial charge in [0.2, 0.25) is 5.96 Å². The van der Waals surface area contributed by atoms with E-state index in [0.717, 1.165) is 4.68 Å². The Bertz CT molecular complexity index is 389. The van der Waals surface area contributed by atoms with Crippen LogP contribution in [0, 0.1) is 5.41 Å². The summed E-state index contributed by atoms with van der Waals surface area (Å²) in [7, 11) is 0. The second-order valence-corrected chi connectivity index (χ2v) is 4.02. The lowest BCUT2D eigenvalue weighted by atomic mass is 10.2. The minimum absolute atomic E-state index is 0.150. The molecule has 1 rings (SSSR count). The van der Waals surface area contributed by atoms with Crippen molar-refractivity contribution in [1.29, 1.82) is 5.41 Å². The molecule has 0 aliphatic heterocycles. The molecule has 6 nitrogen and oxygen atoms in total.